The van der Waals surface area contributed by atoms with Crippen LogP contribution in [0.1, 0.15) is 0 Å². The predicted octanol–water partition coefficient (Wildman–Crippen LogP) is 1.29. The number of rotatable bonds is 1. The molecule has 1 nitrogen and oxygen atoms in total. The molecule has 1 N–H and O–H groups in total. The van der Waals surface area contributed by atoms with Crippen LogP contribution in [0.2, 0.25) is 0 Å². The van der Waals surface area contributed by atoms with E-state index in [1.54, 1.807) is 24.3 Å². The normalized spacial score (nSPS) is 10.1. The van der Waals surface area contributed by atoms with Gasteiger partial charge in [-0.3, -0.25) is 22.4 Å². The van der Waals surface area contributed by atoms with E-state index in [2.05, 4.69) is 0 Å². The van der Waals surface area contributed by atoms with Crippen LogP contribution in [-0.2, 0) is 30.4 Å². The van der Waals surface area contributed by atoms with Gasteiger partial charge in [0.05, 0.1) is 0 Å². The fourth-order valence-corrected chi connectivity index (χ4v) is 1.58. The van der Waals surface area contributed by atoms with Crippen molar-refractivity contribution in [2.75, 3.05) is 0 Å². The van der Waals surface area contributed by atoms with Crippen molar-refractivity contribution in [3.05, 3.63) is 24.3 Å². The fraction of sp³-hybridized carbons (Fsp3) is 0. The number of aromatic hydroxyl groups is 1. The summed E-state index contributed by atoms with van der Waals surface area (Å²) in [6.07, 6.45) is 0. The van der Waals surface area contributed by atoms with Crippen LogP contribution in [0.3, 0.4) is 0 Å². The Morgan fingerprint density at radius 3 is 2.00 bits per heavy atom. The molecule has 1 rings (SSSR count). The van der Waals surface area contributed by atoms with Gasteiger partial charge in [-0.25, -0.2) is 0 Å². The molecule has 0 fully saturated rings. The lowest BCUT2D eigenvalue weighted by Gasteiger charge is -2.02. The average molecular weight is 189 g/mol. The molecule has 0 radical (unpaired) electrons. The third-order valence-electron chi connectivity index (χ3n) is 1.03. The molecular formula is C6H5OS3-. The Morgan fingerprint density at radius 1 is 1.10 bits per heavy atom. The van der Waals surface area contributed by atoms with Gasteiger partial charge in [0, 0.05) is 0 Å². The number of hydrogen-bond donors (Lipinski definition) is 1. The first-order valence-corrected chi connectivity index (χ1v) is 5.66. The summed E-state index contributed by atoms with van der Waals surface area (Å²) in [5.74, 6) is 0.249. The summed E-state index contributed by atoms with van der Waals surface area (Å²) in [6.45, 7) is 0. The second kappa shape index (κ2) is 3.27. The largest absolute Gasteiger partial charge is 0.508 e. The zero-order chi connectivity index (χ0) is 7.56. The van der Waals surface area contributed by atoms with E-state index in [1.807, 2.05) is 0 Å². The molecule has 0 aliphatic carbocycles. The Morgan fingerprint density at radius 2 is 1.60 bits per heavy atom. The minimum atomic E-state index is -0.532. The Bertz CT molecular complexity index is 278. The SMILES string of the molecule is Oc1ccc([S-](=S)=S)cc1. The van der Waals surface area contributed by atoms with Crippen molar-refractivity contribution in [2.24, 2.45) is 0 Å². The van der Waals surface area contributed by atoms with E-state index in [1.165, 1.54) is 0 Å². The standard InChI is InChI=1S/C6H5OS3/c7-5-1-3-6(4-2-5)10(8)9/h1-4,7H/q-1. The lowest BCUT2D eigenvalue weighted by atomic mass is 10.3. The molecular weight excluding hydrogens is 184 g/mol. The smallest absolute Gasteiger partial charge is 0.115 e. The van der Waals surface area contributed by atoms with E-state index in [4.69, 9.17) is 27.5 Å². The lowest BCUT2D eigenvalue weighted by molar-refractivity contribution is 0.475. The highest BCUT2D eigenvalue weighted by atomic mass is 33.1. The summed E-state index contributed by atoms with van der Waals surface area (Å²) in [7, 11) is -0.532. The maximum absolute atomic E-state index is 8.87. The van der Waals surface area contributed by atoms with Gasteiger partial charge >= 0.3 is 0 Å². The van der Waals surface area contributed by atoms with Crippen LogP contribution in [0.15, 0.2) is 29.2 Å². The maximum Gasteiger partial charge on any atom is 0.115 e. The molecule has 0 aliphatic rings. The highest BCUT2D eigenvalue weighted by Crippen LogP contribution is 2.10. The van der Waals surface area contributed by atoms with E-state index >= 15 is 0 Å². The third-order valence-corrected chi connectivity index (χ3v) is 2.84. The van der Waals surface area contributed by atoms with Crippen LogP contribution >= 0.6 is 0 Å². The van der Waals surface area contributed by atoms with Gasteiger partial charge in [-0.05, 0) is 12.1 Å². The molecule has 0 heterocycles. The van der Waals surface area contributed by atoms with Gasteiger partial charge in [-0.2, -0.15) is 0 Å². The lowest BCUT2D eigenvalue weighted by Crippen LogP contribution is -1.73. The van der Waals surface area contributed by atoms with E-state index in [0.29, 0.717) is 0 Å². The van der Waals surface area contributed by atoms with Crippen LogP contribution in [-0.4, -0.2) is 5.11 Å². The summed E-state index contributed by atoms with van der Waals surface area (Å²) >= 11 is 9.70. The molecule has 0 aliphatic heterocycles. The quantitative estimate of drug-likeness (QED) is 0.672. The minimum absolute atomic E-state index is 0.249. The molecule has 4 heteroatoms. The molecule has 0 spiro atoms. The van der Waals surface area contributed by atoms with Gasteiger partial charge in [0.25, 0.3) is 0 Å². The van der Waals surface area contributed by atoms with Crippen molar-refractivity contribution in [3.63, 3.8) is 0 Å². The molecule has 0 unspecified atom stereocenters. The van der Waals surface area contributed by atoms with Crippen molar-refractivity contribution >= 4 is 30.4 Å². The van der Waals surface area contributed by atoms with Gasteiger partial charge in [0.1, 0.15) is 5.75 Å². The third kappa shape index (κ3) is 1.90. The zero-order valence-corrected chi connectivity index (χ0v) is 7.43. The summed E-state index contributed by atoms with van der Waals surface area (Å²) in [5, 5.41) is 8.87. The van der Waals surface area contributed by atoms with Gasteiger partial charge in [0.2, 0.25) is 0 Å². The zero-order valence-electron chi connectivity index (χ0n) is 4.98. The van der Waals surface area contributed by atoms with Gasteiger partial charge in [-0.1, -0.05) is 12.1 Å². The van der Waals surface area contributed by atoms with Crippen molar-refractivity contribution in [3.8, 4) is 5.75 Å². The number of phenols is 1. The van der Waals surface area contributed by atoms with Crippen LogP contribution in [0.25, 0.3) is 0 Å². The molecule has 1 aromatic carbocycles. The Kier molecular flexibility index (Phi) is 2.59. The molecule has 10 heavy (non-hydrogen) atoms. The summed E-state index contributed by atoms with van der Waals surface area (Å²) in [6, 6.07) is 6.68. The summed E-state index contributed by atoms with van der Waals surface area (Å²) in [5.41, 5.74) is 0. The van der Waals surface area contributed by atoms with E-state index in [9.17, 15) is 0 Å². The molecule has 0 bridgehead atoms. The Labute approximate surface area is 70.5 Å². The van der Waals surface area contributed by atoms with Crippen LogP contribution in [0.4, 0.5) is 0 Å². The first kappa shape index (κ1) is 7.91. The number of benzene rings is 1. The average Bonchev–Trinajstić information content (AvgIpc) is 1.88. The van der Waals surface area contributed by atoms with Crippen LogP contribution < -0.4 is 0 Å². The van der Waals surface area contributed by atoms with Crippen LogP contribution in [0.5, 0.6) is 5.75 Å². The molecule has 0 aromatic heterocycles. The monoisotopic (exact) mass is 189 g/mol. The number of hydrogen-bond acceptors (Lipinski definition) is 4. The van der Waals surface area contributed by atoms with E-state index < -0.39 is 8.01 Å². The molecule has 54 valence electrons. The summed E-state index contributed by atoms with van der Waals surface area (Å²) < 4.78 is 0. The van der Waals surface area contributed by atoms with Crippen molar-refractivity contribution in [2.45, 2.75) is 4.90 Å². The van der Waals surface area contributed by atoms with Crippen LogP contribution in [0, 0.1) is 0 Å². The molecule has 0 saturated carbocycles. The second-order valence-corrected chi connectivity index (χ2v) is 5.30. The molecule has 0 saturated heterocycles. The minimum Gasteiger partial charge on any atom is -0.508 e. The number of phenolic OH excluding ortho intramolecular Hbond substituents is 1. The predicted molar refractivity (Wildman–Crippen MR) is 48.5 cm³/mol. The van der Waals surface area contributed by atoms with E-state index in [0.717, 1.165) is 4.90 Å². The van der Waals surface area contributed by atoms with Gasteiger partial charge in [-0.15, -0.1) is 4.90 Å². The van der Waals surface area contributed by atoms with Crippen molar-refractivity contribution in [1.82, 2.24) is 0 Å². The maximum atomic E-state index is 8.87. The van der Waals surface area contributed by atoms with Crippen molar-refractivity contribution < 1.29 is 5.11 Å². The van der Waals surface area contributed by atoms with Crippen molar-refractivity contribution in [1.29, 1.82) is 0 Å². The Hall–Kier alpha value is -0.190. The molecule has 0 atom stereocenters. The highest BCUT2D eigenvalue weighted by molar-refractivity contribution is 8.46. The Balaban J connectivity index is 3.12. The van der Waals surface area contributed by atoms with Gasteiger partial charge in [0.15, 0.2) is 0 Å². The van der Waals surface area contributed by atoms with Gasteiger partial charge < -0.3 is 13.1 Å². The molecule has 0 amide bonds. The highest BCUT2D eigenvalue weighted by Gasteiger charge is 1.81. The second-order valence-electron chi connectivity index (χ2n) is 1.73. The first-order valence-electron chi connectivity index (χ1n) is 2.58. The topological polar surface area (TPSA) is 20.2 Å². The first-order chi connectivity index (χ1) is 4.70. The fourth-order valence-electron chi connectivity index (χ4n) is 0.557. The van der Waals surface area contributed by atoms with E-state index in [-0.39, 0.29) is 5.75 Å². The molecule has 1 aromatic rings. The summed E-state index contributed by atoms with van der Waals surface area (Å²) in [4.78, 5) is 0.919.